The Labute approximate surface area is 138 Å². The zero-order valence-electron chi connectivity index (χ0n) is 14.5. The van der Waals surface area contributed by atoms with E-state index >= 15 is 0 Å². The van der Waals surface area contributed by atoms with Crippen LogP contribution in [0.3, 0.4) is 0 Å². The van der Waals surface area contributed by atoms with Crippen LogP contribution in [0.15, 0.2) is 12.3 Å². The Morgan fingerprint density at radius 3 is 2.59 bits per heavy atom. The molecule has 0 saturated heterocycles. The van der Waals surface area contributed by atoms with E-state index in [2.05, 4.69) is 35.6 Å². The fraction of sp³-hybridized carbons (Fsp3) is 0.647. The van der Waals surface area contributed by atoms with Gasteiger partial charge in [-0.15, -0.1) is 0 Å². The molecular weight excluding hydrogens is 296 g/mol. The van der Waals surface area contributed by atoms with Crippen LogP contribution < -0.4 is 0 Å². The quantitative estimate of drug-likeness (QED) is 0.789. The number of nitrogens with zero attached hydrogens (tertiary/aromatic N) is 4. The molecule has 22 heavy (non-hydrogen) atoms. The van der Waals surface area contributed by atoms with Gasteiger partial charge in [0.2, 0.25) is 0 Å². The topological polar surface area (TPSA) is 34.0 Å². The highest BCUT2D eigenvalue weighted by Crippen LogP contribution is 2.49. The highest BCUT2D eigenvalue weighted by molar-refractivity contribution is 6.34. The molecule has 0 aromatic carbocycles. The van der Waals surface area contributed by atoms with Gasteiger partial charge in [0.25, 0.3) is 0 Å². The predicted octanol–water partition coefficient (Wildman–Crippen LogP) is 4.32. The van der Waals surface area contributed by atoms with Crippen molar-refractivity contribution in [2.75, 3.05) is 20.6 Å². The monoisotopic (exact) mass is 322 g/mol. The van der Waals surface area contributed by atoms with Gasteiger partial charge in [0.15, 0.2) is 0 Å². The van der Waals surface area contributed by atoms with Gasteiger partial charge < -0.3 is 4.90 Å². The third kappa shape index (κ3) is 3.13. The maximum Gasteiger partial charge on any atom is 0.140 e. The van der Waals surface area contributed by atoms with E-state index in [0.29, 0.717) is 16.6 Å². The second-order valence-corrected chi connectivity index (χ2v) is 6.99. The molecule has 2 aromatic rings. The molecule has 1 aliphatic rings. The average Bonchev–Trinajstić information content (AvgIpc) is 2.76. The lowest BCUT2D eigenvalue weighted by molar-refractivity contribution is 0.0484. The number of hydrogen-bond acceptors (Lipinski definition) is 3. The lowest BCUT2D eigenvalue weighted by Crippen LogP contribution is -2.43. The fourth-order valence-corrected chi connectivity index (χ4v) is 3.93. The fourth-order valence-electron chi connectivity index (χ4n) is 3.64. The van der Waals surface area contributed by atoms with E-state index in [1.807, 2.05) is 26.8 Å². The van der Waals surface area contributed by atoms with Gasteiger partial charge in [-0.1, -0.05) is 32.4 Å². The van der Waals surface area contributed by atoms with Crippen molar-refractivity contribution in [1.29, 1.82) is 0 Å². The first-order valence-electron chi connectivity index (χ1n) is 8.04. The van der Waals surface area contributed by atoms with Crippen LogP contribution in [0.5, 0.6) is 0 Å². The SMILES string of the molecule is CC.Cc1nn(C2CC(C)(CN(C)C)C2)c2ccnc(Cl)c12. The molecule has 1 saturated carbocycles. The second kappa shape index (κ2) is 6.55. The molecule has 0 aliphatic heterocycles. The molecule has 2 heterocycles. The summed E-state index contributed by atoms with van der Waals surface area (Å²) in [6.45, 7) is 9.49. The van der Waals surface area contributed by atoms with Gasteiger partial charge in [0.05, 0.1) is 22.6 Å². The molecule has 0 unspecified atom stereocenters. The summed E-state index contributed by atoms with van der Waals surface area (Å²) in [5.41, 5.74) is 2.48. The van der Waals surface area contributed by atoms with Crippen molar-refractivity contribution < 1.29 is 0 Å². The molecule has 0 atom stereocenters. The van der Waals surface area contributed by atoms with E-state index < -0.39 is 0 Å². The molecule has 0 radical (unpaired) electrons. The smallest absolute Gasteiger partial charge is 0.140 e. The zero-order chi connectivity index (χ0) is 16.5. The minimum absolute atomic E-state index is 0.400. The summed E-state index contributed by atoms with van der Waals surface area (Å²) in [5.74, 6) is 0. The number of aromatic nitrogens is 3. The van der Waals surface area contributed by atoms with E-state index in [9.17, 15) is 0 Å². The number of rotatable bonds is 3. The average molecular weight is 323 g/mol. The Balaban J connectivity index is 0.000000847. The zero-order valence-corrected chi connectivity index (χ0v) is 15.3. The van der Waals surface area contributed by atoms with Crippen molar-refractivity contribution in [1.82, 2.24) is 19.7 Å². The normalized spacial score (nSPS) is 24.1. The summed E-state index contributed by atoms with van der Waals surface area (Å²) in [6, 6.07) is 2.50. The lowest BCUT2D eigenvalue weighted by Gasteiger charge is -2.46. The third-order valence-electron chi connectivity index (χ3n) is 4.25. The van der Waals surface area contributed by atoms with E-state index in [4.69, 9.17) is 16.7 Å². The van der Waals surface area contributed by atoms with Crippen molar-refractivity contribution in [2.24, 2.45) is 5.41 Å². The third-order valence-corrected chi connectivity index (χ3v) is 4.54. The Morgan fingerprint density at radius 1 is 1.36 bits per heavy atom. The van der Waals surface area contributed by atoms with E-state index in [1.54, 1.807) is 6.20 Å². The molecule has 2 aromatic heterocycles. The van der Waals surface area contributed by atoms with Gasteiger partial charge in [-0.2, -0.15) is 5.10 Å². The lowest BCUT2D eigenvalue weighted by atomic mass is 9.66. The van der Waals surface area contributed by atoms with E-state index in [-0.39, 0.29) is 0 Å². The standard InChI is InChI=1S/C15H21ClN4.C2H6/c1-10-13-12(5-6-17-14(13)16)20(18-10)11-7-15(2,8-11)9-19(3)4;1-2/h5-6,11H,7-9H2,1-4H3;1-2H3. The number of aryl methyl sites for hydroxylation is 1. The minimum atomic E-state index is 0.400. The Hall–Kier alpha value is -1.13. The van der Waals surface area contributed by atoms with Crippen LogP contribution in [0.25, 0.3) is 10.9 Å². The van der Waals surface area contributed by atoms with Gasteiger partial charge in [-0.3, -0.25) is 4.68 Å². The summed E-state index contributed by atoms with van der Waals surface area (Å²) >= 11 is 6.20. The highest BCUT2D eigenvalue weighted by Gasteiger charge is 2.42. The molecule has 1 fully saturated rings. The summed E-state index contributed by atoms with van der Waals surface area (Å²) < 4.78 is 2.15. The van der Waals surface area contributed by atoms with Gasteiger partial charge >= 0.3 is 0 Å². The van der Waals surface area contributed by atoms with Crippen molar-refractivity contribution in [3.8, 4) is 0 Å². The minimum Gasteiger partial charge on any atom is -0.309 e. The number of hydrogen-bond donors (Lipinski definition) is 0. The summed E-state index contributed by atoms with van der Waals surface area (Å²) in [5, 5.41) is 6.25. The van der Waals surface area contributed by atoms with Crippen molar-refractivity contribution in [3.05, 3.63) is 23.1 Å². The van der Waals surface area contributed by atoms with E-state index in [0.717, 1.165) is 23.1 Å². The molecule has 1 aliphatic carbocycles. The largest absolute Gasteiger partial charge is 0.309 e. The molecule has 4 nitrogen and oxygen atoms in total. The maximum atomic E-state index is 6.20. The second-order valence-electron chi connectivity index (χ2n) is 6.64. The number of fused-ring (bicyclic) bond motifs is 1. The first kappa shape index (κ1) is 17.2. The molecule has 0 amide bonds. The summed E-state index contributed by atoms with van der Waals surface area (Å²) in [6.07, 6.45) is 4.10. The van der Waals surface area contributed by atoms with Crippen molar-refractivity contribution in [2.45, 2.75) is 46.6 Å². The van der Waals surface area contributed by atoms with Gasteiger partial charge in [-0.25, -0.2) is 4.98 Å². The van der Waals surface area contributed by atoms with Crippen LogP contribution in [-0.4, -0.2) is 40.3 Å². The van der Waals surface area contributed by atoms with Crippen LogP contribution in [0.4, 0.5) is 0 Å². The van der Waals surface area contributed by atoms with Crippen molar-refractivity contribution >= 4 is 22.5 Å². The van der Waals surface area contributed by atoms with Crippen LogP contribution in [0.1, 0.15) is 45.3 Å². The molecule has 3 rings (SSSR count). The van der Waals surface area contributed by atoms with Crippen LogP contribution in [0.2, 0.25) is 5.15 Å². The van der Waals surface area contributed by atoms with Gasteiger partial charge in [0, 0.05) is 12.7 Å². The first-order chi connectivity index (χ1) is 10.4. The maximum absolute atomic E-state index is 6.20. The van der Waals surface area contributed by atoms with Gasteiger partial charge in [0.1, 0.15) is 5.15 Å². The predicted molar refractivity (Wildman–Crippen MR) is 93.6 cm³/mol. The molecule has 0 bridgehead atoms. The summed E-state index contributed by atoms with van der Waals surface area (Å²) in [7, 11) is 4.27. The van der Waals surface area contributed by atoms with Gasteiger partial charge in [-0.05, 0) is 45.3 Å². The number of halogens is 1. The molecule has 0 N–H and O–H groups in total. The highest BCUT2D eigenvalue weighted by atomic mass is 35.5. The van der Waals surface area contributed by atoms with Crippen LogP contribution in [-0.2, 0) is 0 Å². The first-order valence-corrected chi connectivity index (χ1v) is 8.41. The Bertz CT molecular complexity index is 641. The molecular formula is C17H27ClN4. The molecule has 0 spiro atoms. The van der Waals surface area contributed by atoms with Crippen LogP contribution in [0, 0.1) is 12.3 Å². The summed E-state index contributed by atoms with van der Waals surface area (Å²) in [4.78, 5) is 6.43. The molecule has 5 heteroatoms. The Kier molecular flexibility index (Phi) is 5.13. The van der Waals surface area contributed by atoms with Crippen molar-refractivity contribution in [3.63, 3.8) is 0 Å². The van der Waals surface area contributed by atoms with Crippen LogP contribution >= 0.6 is 11.6 Å². The number of pyridine rings is 1. The van der Waals surface area contributed by atoms with E-state index in [1.165, 1.54) is 12.8 Å². The Morgan fingerprint density at radius 2 is 2.00 bits per heavy atom. The molecule has 122 valence electrons.